The Morgan fingerprint density at radius 2 is 2.09 bits per heavy atom. The first kappa shape index (κ1) is 25.0. The molecule has 1 fully saturated rings. The summed E-state index contributed by atoms with van der Waals surface area (Å²) in [5.74, 6) is -1.08. The number of nitrogens with one attached hydrogen (secondary N) is 2. The van der Waals surface area contributed by atoms with Crippen molar-refractivity contribution in [3.05, 3.63) is 52.7 Å². The number of pyridine rings is 2. The smallest absolute Gasteiger partial charge is 0.275 e. The van der Waals surface area contributed by atoms with Gasteiger partial charge in [0.1, 0.15) is 34.6 Å². The second-order valence-corrected chi connectivity index (χ2v) is 14.0. The number of nitrogens with zero attached hydrogens (tertiary/aromatic N) is 4. The molecule has 0 saturated carbocycles. The molecule has 2 atom stereocenters. The Bertz CT molecular complexity index is 1350. The van der Waals surface area contributed by atoms with Crippen LogP contribution in [0.2, 0.25) is 0 Å². The number of rotatable bonds is 3. The first-order chi connectivity index (χ1) is 16.3. The normalized spacial score (nSPS) is 27.3. The highest BCUT2D eigenvalue weighted by Gasteiger charge is 2.62. The van der Waals surface area contributed by atoms with Crippen LogP contribution in [0.15, 0.2) is 29.4 Å². The van der Waals surface area contributed by atoms with E-state index in [0.29, 0.717) is 24.1 Å². The summed E-state index contributed by atoms with van der Waals surface area (Å²) in [5.41, 5.74) is -0.378. The topological polar surface area (TPSA) is 146 Å². The lowest BCUT2D eigenvalue weighted by Gasteiger charge is -2.60. The molecule has 0 radical (unpaired) electrons. The zero-order chi connectivity index (χ0) is 25.7. The van der Waals surface area contributed by atoms with Gasteiger partial charge in [-0.05, 0) is 64.3 Å². The van der Waals surface area contributed by atoms with Crippen LogP contribution in [0.5, 0.6) is 0 Å². The van der Waals surface area contributed by atoms with Crippen LogP contribution in [0.4, 0.5) is 10.2 Å². The predicted molar refractivity (Wildman–Crippen MR) is 134 cm³/mol. The molecule has 4 rings (SSSR count). The highest BCUT2D eigenvalue weighted by molar-refractivity contribution is 8.18. The van der Waals surface area contributed by atoms with Gasteiger partial charge in [-0.15, -0.1) is 0 Å². The summed E-state index contributed by atoms with van der Waals surface area (Å²) in [6.45, 7) is 7.42. The minimum absolute atomic E-state index is 0.0374. The summed E-state index contributed by atoms with van der Waals surface area (Å²) in [7, 11) is -4.06. The van der Waals surface area contributed by atoms with Gasteiger partial charge in [0.2, 0.25) is 0 Å². The molecular weight excluding hydrogens is 469 g/mol. The van der Waals surface area contributed by atoms with Crippen LogP contribution in [0, 0.1) is 24.1 Å². The molecule has 186 valence electrons. The van der Waals surface area contributed by atoms with Gasteiger partial charge >= 0.3 is 0 Å². The Balaban J connectivity index is 1.76. The minimum atomic E-state index is -4.06. The summed E-state index contributed by atoms with van der Waals surface area (Å²) in [5, 5.41) is 17.7. The van der Waals surface area contributed by atoms with Gasteiger partial charge in [-0.2, -0.15) is 5.26 Å². The molecule has 9 nitrogen and oxygen atoms in total. The van der Waals surface area contributed by atoms with Crippen LogP contribution in [0.1, 0.15) is 67.3 Å². The van der Waals surface area contributed by atoms with Crippen molar-refractivity contribution in [1.29, 1.82) is 5.26 Å². The number of amides is 1. The Hall–Kier alpha value is -3.07. The zero-order valence-electron chi connectivity index (χ0n) is 20.3. The van der Waals surface area contributed by atoms with Crippen LogP contribution in [0.25, 0.3) is 0 Å². The number of carbonyl (C=O) groups excluding carboxylic acids is 1. The van der Waals surface area contributed by atoms with E-state index in [2.05, 4.69) is 20.0 Å². The molecule has 0 aromatic carbocycles. The summed E-state index contributed by atoms with van der Waals surface area (Å²) in [6, 6.07) is 6.08. The Labute approximate surface area is 204 Å². The number of aliphatic imine (C=N–C) groups is 1. The SMILES string of the molecule is Cc1cc(C#N)cnc1C(=O)Nc1ccc(F)c([C@@]2(C)N=CC(C)(C)S3(N)(=O)NCCCC[C@@H]23)n1. The third kappa shape index (κ3) is 3.86. The molecular formula is C24H30FN7O2S. The fourth-order valence-corrected chi connectivity index (χ4v) is 8.83. The molecule has 0 spiro atoms. The quantitative estimate of drug-likeness (QED) is 0.594. The van der Waals surface area contributed by atoms with Crippen molar-refractivity contribution >= 4 is 27.4 Å². The zero-order valence-corrected chi connectivity index (χ0v) is 21.1. The van der Waals surface area contributed by atoms with Gasteiger partial charge in [-0.3, -0.25) is 19.1 Å². The second kappa shape index (κ2) is 8.26. The van der Waals surface area contributed by atoms with Gasteiger partial charge in [-0.25, -0.2) is 19.1 Å². The van der Waals surface area contributed by atoms with E-state index in [1.54, 1.807) is 40.0 Å². The molecule has 2 aromatic rings. The van der Waals surface area contributed by atoms with E-state index < -0.39 is 36.7 Å². The molecule has 2 aromatic heterocycles. The third-order valence-electron chi connectivity index (χ3n) is 7.20. The van der Waals surface area contributed by atoms with Gasteiger partial charge in [0.05, 0.1) is 15.6 Å². The Morgan fingerprint density at radius 3 is 2.77 bits per heavy atom. The Morgan fingerprint density at radius 1 is 1.34 bits per heavy atom. The van der Waals surface area contributed by atoms with Crippen molar-refractivity contribution in [2.45, 2.75) is 62.5 Å². The second-order valence-electron chi connectivity index (χ2n) is 9.94. The molecule has 4 N–H and O–H groups in total. The van der Waals surface area contributed by atoms with E-state index in [1.165, 1.54) is 18.3 Å². The summed E-state index contributed by atoms with van der Waals surface area (Å²) < 4.78 is 32.1. The number of hydrogen-bond acceptors (Lipinski definition) is 6. The maximum Gasteiger partial charge on any atom is 0.275 e. The maximum absolute atomic E-state index is 15.3. The van der Waals surface area contributed by atoms with Crippen LogP contribution in [-0.4, -0.2) is 42.8 Å². The van der Waals surface area contributed by atoms with Crippen molar-refractivity contribution < 1.29 is 13.4 Å². The van der Waals surface area contributed by atoms with Crippen LogP contribution in [0.3, 0.4) is 0 Å². The standard InChI is InChI=1S/C24H30FN7O2S/c1-15-11-16(12-26)13-28-20(15)22(33)32-19-9-8-17(25)21(31-19)24(4)18-7-5-6-10-30-35(18,27,34)23(2,3)14-29-24/h8-9,11,13-14,18H,5-7,10H2,1-4H3,(H3,27,30,34)(H,31,32,33)/t18-,24-/m0/s1. The van der Waals surface area contributed by atoms with Gasteiger partial charge < -0.3 is 5.32 Å². The number of nitriles is 1. The number of fused-ring (bicyclic) bond motifs is 1. The van der Waals surface area contributed by atoms with E-state index in [-0.39, 0.29) is 17.2 Å². The fourth-order valence-electron chi connectivity index (χ4n) is 4.97. The molecule has 4 heterocycles. The lowest BCUT2D eigenvalue weighted by Crippen LogP contribution is -2.78. The molecule has 2 aliphatic heterocycles. The molecule has 35 heavy (non-hydrogen) atoms. The molecule has 2 aliphatic rings. The summed E-state index contributed by atoms with van der Waals surface area (Å²) >= 11 is 0. The van der Waals surface area contributed by atoms with Crippen LogP contribution < -0.4 is 15.2 Å². The average Bonchev–Trinajstić information content (AvgIpc) is 2.98. The first-order valence-electron chi connectivity index (χ1n) is 11.4. The van der Waals surface area contributed by atoms with Crippen LogP contribution in [-0.2, 0) is 15.0 Å². The predicted octanol–water partition coefficient (Wildman–Crippen LogP) is 2.88. The maximum atomic E-state index is 15.3. The number of hydrogen-bond donors (Lipinski definition) is 3. The molecule has 0 bridgehead atoms. The van der Waals surface area contributed by atoms with E-state index in [4.69, 9.17) is 15.4 Å². The van der Waals surface area contributed by atoms with Crippen molar-refractivity contribution in [3.8, 4) is 6.07 Å². The molecule has 1 amide bonds. The lowest BCUT2D eigenvalue weighted by atomic mass is 9.89. The van der Waals surface area contributed by atoms with Gasteiger partial charge in [0.25, 0.3) is 5.91 Å². The van der Waals surface area contributed by atoms with Gasteiger partial charge in [-0.1, -0.05) is 6.42 Å². The number of aryl methyl sites for hydroxylation is 1. The molecule has 1 saturated heterocycles. The number of aromatic nitrogens is 2. The lowest BCUT2D eigenvalue weighted by molar-refractivity contribution is 0.102. The van der Waals surface area contributed by atoms with Gasteiger partial charge in [0.15, 0.2) is 0 Å². The highest BCUT2D eigenvalue weighted by atomic mass is 32.3. The molecule has 0 aliphatic carbocycles. The highest BCUT2D eigenvalue weighted by Crippen LogP contribution is 2.51. The van der Waals surface area contributed by atoms with E-state index in [1.807, 2.05) is 6.07 Å². The van der Waals surface area contributed by atoms with Crippen molar-refractivity contribution in [2.75, 3.05) is 11.9 Å². The number of nitrogens with two attached hydrogens (primary N) is 1. The Kier molecular flexibility index (Phi) is 5.91. The number of halogens is 1. The van der Waals surface area contributed by atoms with E-state index in [9.17, 15) is 9.00 Å². The van der Waals surface area contributed by atoms with Crippen molar-refractivity contribution in [2.24, 2.45) is 10.1 Å². The first-order valence-corrected chi connectivity index (χ1v) is 13.5. The monoisotopic (exact) mass is 499 g/mol. The van der Waals surface area contributed by atoms with E-state index >= 15 is 4.39 Å². The number of anilines is 1. The van der Waals surface area contributed by atoms with Crippen LogP contribution >= 0.6 is 0 Å². The van der Waals surface area contributed by atoms with E-state index in [0.717, 1.165) is 12.8 Å². The molecule has 11 heteroatoms. The summed E-state index contributed by atoms with van der Waals surface area (Å²) in [4.78, 5) is 26.0. The minimum Gasteiger partial charge on any atom is -0.305 e. The average molecular weight is 500 g/mol. The number of carbonyl (C=O) groups is 1. The third-order valence-corrected chi connectivity index (χ3v) is 12.1. The fraction of sp³-hybridized carbons (Fsp3) is 0.458. The van der Waals surface area contributed by atoms with Crippen molar-refractivity contribution in [1.82, 2.24) is 14.7 Å². The molecule has 0 unspecified atom stereocenters. The summed E-state index contributed by atoms with van der Waals surface area (Å²) in [6.07, 6.45) is 4.89. The van der Waals surface area contributed by atoms with Crippen molar-refractivity contribution in [3.63, 3.8) is 0 Å². The largest absolute Gasteiger partial charge is 0.305 e. The van der Waals surface area contributed by atoms with Gasteiger partial charge in [0, 0.05) is 28.4 Å².